The molecule has 4 aliphatic rings. The van der Waals surface area contributed by atoms with Crippen LogP contribution in [0.25, 0.3) is 44.9 Å². The largest absolute Gasteiger partial charge is 0.384 e. The molecule has 2 atom stereocenters. The van der Waals surface area contributed by atoms with Crippen LogP contribution in [0.4, 0.5) is 28.6 Å². The van der Waals surface area contributed by atoms with Crippen molar-refractivity contribution in [2.75, 3.05) is 15.5 Å². The quantitative estimate of drug-likeness (QED) is 0.173. The summed E-state index contributed by atoms with van der Waals surface area (Å²) in [5, 5.41) is 4.84. The van der Waals surface area contributed by atoms with Gasteiger partial charge < -0.3 is 20.9 Å². The van der Waals surface area contributed by atoms with E-state index < -0.39 is 0 Å². The maximum atomic E-state index is 6.89. The van der Waals surface area contributed by atoms with Crippen LogP contribution < -0.4 is 20.9 Å². The van der Waals surface area contributed by atoms with Gasteiger partial charge in [-0.25, -0.2) is 0 Å². The number of fused-ring (bicyclic) bond motifs is 7. The molecule has 0 saturated carbocycles. The van der Waals surface area contributed by atoms with Crippen molar-refractivity contribution in [3.8, 4) is 16.8 Å². The topological polar surface area (TPSA) is 61.8 Å². The molecule has 0 bridgehead atoms. The summed E-state index contributed by atoms with van der Waals surface area (Å²) in [7, 11) is 0. The van der Waals surface area contributed by atoms with Crippen molar-refractivity contribution in [3.05, 3.63) is 161 Å². The van der Waals surface area contributed by atoms with Crippen LogP contribution in [-0.2, 0) is 12.8 Å². The maximum Gasteiger partial charge on any atom is 0.152 e. The molecular formula is C49H44N6. The molecule has 6 aromatic rings. The van der Waals surface area contributed by atoms with Gasteiger partial charge in [0.25, 0.3) is 0 Å². The second-order valence-electron chi connectivity index (χ2n) is 14.9. The molecule has 6 heteroatoms. The number of nitrogen functional groups attached to an aromatic ring is 1. The Hall–Kier alpha value is -6.53. The van der Waals surface area contributed by atoms with Gasteiger partial charge in [0.2, 0.25) is 0 Å². The number of benzene rings is 5. The predicted octanol–water partition coefficient (Wildman–Crippen LogP) is 11.4. The Kier molecular flexibility index (Phi) is 7.70. The number of allylic oxidation sites excluding steroid dienone is 4. The van der Waals surface area contributed by atoms with Crippen molar-refractivity contribution in [3.63, 3.8) is 0 Å². The van der Waals surface area contributed by atoms with E-state index in [9.17, 15) is 0 Å². The Balaban J connectivity index is 1.03. The highest BCUT2D eigenvalue weighted by Crippen LogP contribution is 2.51. The highest BCUT2D eigenvalue weighted by Gasteiger charge is 2.40. The van der Waals surface area contributed by atoms with Crippen LogP contribution in [0.5, 0.6) is 0 Å². The predicted molar refractivity (Wildman–Crippen MR) is 233 cm³/mol. The zero-order valence-corrected chi connectivity index (χ0v) is 31.7. The minimum Gasteiger partial charge on any atom is -0.384 e. The van der Waals surface area contributed by atoms with Gasteiger partial charge in [-0.2, -0.15) is 0 Å². The van der Waals surface area contributed by atoms with Crippen LogP contribution in [0, 0.1) is 0 Å². The highest BCUT2D eigenvalue weighted by atomic mass is 15.3. The number of nitrogens with two attached hydrogens (primary N) is 1. The van der Waals surface area contributed by atoms with E-state index in [1.54, 1.807) is 0 Å². The summed E-state index contributed by atoms with van der Waals surface area (Å²) in [5.74, 6) is 0.746. The monoisotopic (exact) mass is 716 g/mol. The zero-order valence-electron chi connectivity index (χ0n) is 31.7. The normalized spacial score (nSPS) is 17.9. The molecule has 0 fully saturated rings. The first-order chi connectivity index (χ1) is 26.9. The molecule has 3 N–H and O–H groups in total. The summed E-state index contributed by atoms with van der Waals surface area (Å²) < 4.78 is 2.17. The van der Waals surface area contributed by atoms with Gasteiger partial charge in [0.1, 0.15) is 12.0 Å². The van der Waals surface area contributed by atoms with Gasteiger partial charge in [0, 0.05) is 62.7 Å². The summed E-state index contributed by atoms with van der Waals surface area (Å²) in [4.78, 5) is 9.84. The summed E-state index contributed by atoms with van der Waals surface area (Å²) in [6, 6.07) is 38.1. The van der Waals surface area contributed by atoms with E-state index in [2.05, 4.69) is 174 Å². The molecule has 5 aromatic carbocycles. The summed E-state index contributed by atoms with van der Waals surface area (Å²) >= 11 is 0. The van der Waals surface area contributed by atoms with Gasteiger partial charge in [-0.15, -0.1) is 0 Å². The summed E-state index contributed by atoms with van der Waals surface area (Å²) in [6.45, 7) is 8.61. The number of aryl methyl sites for hydroxylation is 2. The fourth-order valence-corrected chi connectivity index (χ4v) is 8.96. The molecule has 0 aliphatic carbocycles. The molecule has 1 aromatic heterocycles. The van der Waals surface area contributed by atoms with Gasteiger partial charge in [0.05, 0.1) is 16.9 Å². The molecule has 0 saturated heterocycles. The molecule has 0 spiro atoms. The van der Waals surface area contributed by atoms with Crippen molar-refractivity contribution in [2.45, 2.75) is 52.9 Å². The molecule has 0 radical (unpaired) electrons. The first-order valence-corrected chi connectivity index (χ1v) is 19.5. The lowest BCUT2D eigenvalue weighted by Gasteiger charge is -2.31. The SMILES string of the molecule is C/C=C\c1c(N)n(-c2ccc(CC)cc2)c2ccc(-c3cccc(N4c5ccc(N6c7ccc(CC)cc7C7=CC(C)=CNC76)cc5C5=CC=NC54)c3)cc12. The summed E-state index contributed by atoms with van der Waals surface area (Å²) in [6.07, 6.45) is 14.8. The number of dihydropyridines is 1. The molecule has 5 heterocycles. The molecule has 4 aliphatic heterocycles. The van der Waals surface area contributed by atoms with Crippen molar-refractivity contribution < 1.29 is 0 Å². The minimum absolute atomic E-state index is 0.0437. The summed E-state index contributed by atoms with van der Waals surface area (Å²) in [5.41, 5.74) is 26.1. The number of nitrogens with one attached hydrogen (secondary N) is 1. The van der Waals surface area contributed by atoms with Gasteiger partial charge >= 0.3 is 0 Å². The van der Waals surface area contributed by atoms with Crippen molar-refractivity contribution in [2.24, 2.45) is 4.99 Å². The molecule has 55 heavy (non-hydrogen) atoms. The number of aromatic nitrogens is 1. The van der Waals surface area contributed by atoms with Gasteiger partial charge in [-0.3, -0.25) is 9.56 Å². The highest BCUT2D eigenvalue weighted by molar-refractivity contribution is 6.04. The number of aliphatic imine (C=N–C) groups is 1. The van der Waals surface area contributed by atoms with Crippen molar-refractivity contribution >= 4 is 62.9 Å². The number of anilines is 5. The average molecular weight is 717 g/mol. The lowest BCUT2D eigenvalue weighted by atomic mass is 9.99. The molecule has 0 amide bonds. The third-order valence-electron chi connectivity index (χ3n) is 11.7. The van der Waals surface area contributed by atoms with Crippen LogP contribution >= 0.6 is 0 Å². The van der Waals surface area contributed by atoms with Crippen molar-refractivity contribution in [1.82, 2.24) is 9.88 Å². The van der Waals surface area contributed by atoms with E-state index in [4.69, 9.17) is 10.7 Å². The van der Waals surface area contributed by atoms with Crippen LogP contribution in [-0.4, -0.2) is 23.1 Å². The van der Waals surface area contributed by atoms with Crippen LogP contribution in [0.2, 0.25) is 0 Å². The number of hydrogen-bond acceptors (Lipinski definition) is 5. The molecular weight excluding hydrogens is 673 g/mol. The van der Waals surface area contributed by atoms with E-state index in [1.165, 1.54) is 50.3 Å². The molecule has 6 nitrogen and oxygen atoms in total. The Morgan fingerprint density at radius 2 is 1.47 bits per heavy atom. The van der Waals surface area contributed by atoms with Crippen LogP contribution in [0.3, 0.4) is 0 Å². The second kappa shape index (κ2) is 12.8. The standard InChI is InChI=1S/C49H44N6/c1-5-9-38-41-27-34(15-20-44(41)53(47(38)50)35-16-12-31(6-2)13-17-35)33-10-8-11-36(26-33)54-46-21-18-37(28-42(46)39-22-23-51-48(39)54)55-45-19-14-32(7-3)25-40(45)43-24-30(4)29-52-49(43)55/h5,8-29,48-49,52H,6-7,50H2,1-4H3/b9-5-. The Morgan fingerprint density at radius 3 is 2.29 bits per heavy atom. The molecule has 270 valence electrons. The Bertz CT molecular complexity index is 2700. The minimum atomic E-state index is -0.107. The first kappa shape index (κ1) is 33.1. The van der Waals surface area contributed by atoms with E-state index in [0.717, 1.165) is 63.3 Å². The third-order valence-corrected chi connectivity index (χ3v) is 11.7. The lowest BCUT2D eigenvalue weighted by molar-refractivity contribution is 0.732. The lowest BCUT2D eigenvalue weighted by Crippen LogP contribution is -2.39. The van der Waals surface area contributed by atoms with E-state index >= 15 is 0 Å². The Labute approximate surface area is 322 Å². The van der Waals surface area contributed by atoms with Crippen LogP contribution in [0.15, 0.2) is 138 Å². The van der Waals surface area contributed by atoms with E-state index in [-0.39, 0.29) is 12.3 Å². The molecule has 2 unspecified atom stereocenters. The van der Waals surface area contributed by atoms with Crippen LogP contribution in [0.1, 0.15) is 55.5 Å². The second-order valence-corrected chi connectivity index (χ2v) is 14.9. The van der Waals surface area contributed by atoms with E-state index in [1.807, 2.05) is 13.1 Å². The molecule has 10 rings (SSSR count). The van der Waals surface area contributed by atoms with Gasteiger partial charge in [-0.05, 0) is 127 Å². The number of rotatable bonds is 7. The average Bonchev–Trinajstić information content (AvgIpc) is 3.97. The number of hydrogen-bond donors (Lipinski definition) is 2. The maximum absolute atomic E-state index is 6.89. The smallest absolute Gasteiger partial charge is 0.152 e. The number of nitrogens with zero attached hydrogens (tertiary/aromatic N) is 4. The fourth-order valence-electron chi connectivity index (χ4n) is 8.96. The van der Waals surface area contributed by atoms with E-state index in [0.29, 0.717) is 0 Å². The fraction of sp³-hybridized carbons (Fsp3) is 0.163. The van der Waals surface area contributed by atoms with Crippen molar-refractivity contribution in [1.29, 1.82) is 0 Å². The Morgan fingerprint density at radius 1 is 0.745 bits per heavy atom. The zero-order chi connectivity index (χ0) is 37.4. The first-order valence-electron chi connectivity index (χ1n) is 19.5. The third kappa shape index (κ3) is 5.12. The van der Waals surface area contributed by atoms with Gasteiger partial charge in [0.15, 0.2) is 6.17 Å². The van der Waals surface area contributed by atoms with Gasteiger partial charge in [-0.1, -0.05) is 68.5 Å².